The van der Waals surface area contributed by atoms with E-state index in [1.807, 2.05) is 0 Å². The molecule has 0 radical (unpaired) electrons. The van der Waals surface area contributed by atoms with Gasteiger partial charge in [-0.15, -0.1) is 11.3 Å². The molecule has 0 saturated carbocycles. The Morgan fingerprint density at radius 1 is 1.04 bits per heavy atom. The fourth-order valence-corrected chi connectivity index (χ4v) is 5.27. The van der Waals surface area contributed by atoms with Gasteiger partial charge in [0.2, 0.25) is 0 Å². The molecule has 3 rings (SSSR count). The van der Waals surface area contributed by atoms with Crippen molar-refractivity contribution < 1.29 is 9.53 Å². The highest BCUT2D eigenvalue weighted by molar-refractivity contribution is 7.16. The van der Waals surface area contributed by atoms with Crippen LogP contribution in [0.15, 0.2) is 0 Å². The number of carbonyl (C=O) groups excluding carboxylic acids is 1. The summed E-state index contributed by atoms with van der Waals surface area (Å²) in [6.07, 6.45) is 3.91. The van der Waals surface area contributed by atoms with E-state index in [2.05, 4.69) is 11.4 Å². The van der Waals surface area contributed by atoms with Crippen molar-refractivity contribution in [1.82, 2.24) is 0 Å². The Labute approximate surface area is 184 Å². The van der Waals surface area contributed by atoms with Gasteiger partial charge in [0.15, 0.2) is 12.4 Å². The van der Waals surface area contributed by atoms with E-state index in [0.717, 1.165) is 36.1 Å². The van der Waals surface area contributed by atoms with E-state index < -0.39 is 5.91 Å². The van der Waals surface area contributed by atoms with Crippen LogP contribution in [0.1, 0.15) is 28.8 Å². The van der Waals surface area contributed by atoms with Gasteiger partial charge in [-0.25, -0.2) is 0 Å². The van der Waals surface area contributed by atoms with Gasteiger partial charge in [0, 0.05) is 4.88 Å². The van der Waals surface area contributed by atoms with Crippen LogP contribution < -0.4 is 10.1 Å². The van der Waals surface area contributed by atoms with Crippen LogP contribution in [0.2, 0.25) is 25.1 Å². The smallest absolute Gasteiger partial charge is 0.262 e. The second-order valence-corrected chi connectivity index (χ2v) is 8.76. The normalized spacial score (nSPS) is 13.0. The second-order valence-electron chi connectivity index (χ2n) is 5.76. The Bertz CT molecular complexity index is 938. The lowest BCUT2D eigenvalue weighted by Crippen LogP contribution is -2.20. The molecule has 1 aromatic carbocycles. The van der Waals surface area contributed by atoms with Crippen molar-refractivity contribution in [2.75, 3.05) is 11.9 Å². The molecule has 0 saturated heterocycles. The zero-order valence-corrected chi connectivity index (χ0v) is 18.2. The first-order valence-corrected chi connectivity index (χ1v) is 10.5. The first-order chi connectivity index (χ1) is 12.8. The molecule has 2 aromatic rings. The number of ether oxygens (including phenoxy) is 1. The predicted octanol–water partition coefficient (Wildman–Crippen LogP) is 6.78. The molecule has 0 unspecified atom stereocenters. The van der Waals surface area contributed by atoms with Gasteiger partial charge < -0.3 is 10.1 Å². The van der Waals surface area contributed by atoms with Crippen molar-refractivity contribution in [3.05, 3.63) is 41.1 Å². The number of nitriles is 1. The van der Waals surface area contributed by atoms with E-state index in [0.29, 0.717) is 10.6 Å². The molecular weight excluding hydrogens is 474 g/mol. The molecular formula is C17H11Cl5N2O2S. The SMILES string of the molecule is N#Cc1c(NC(=O)COc2c(Cl)c(Cl)c(Cl)c(Cl)c2Cl)sc2c1CCCC2. The lowest BCUT2D eigenvalue weighted by Gasteiger charge is -2.13. The lowest BCUT2D eigenvalue weighted by molar-refractivity contribution is -0.118. The summed E-state index contributed by atoms with van der Waals surface area (Å²) in [6.45, 7) is -0.388. The summed E-state index contributed by atoms with van der Waals surface area (Å²) in [6, 6.07) is 2.19. The summed E-state index contributed by atoms with van der Waals surface area (Å²) in [7, 11) is 0. The molecule has 0 atom stereocenters. The molecule has 27 heavy (non-hydrogen) atoms. The number of carbonyl (C=O) groups is 1. The van der Waals surface area contributed by atoms with Crippen molar-refractivity contribution in [3.63, 3.8) is 0 Å². The Balaban J connectivity index is 1.75. The molecule has 1 amide bonds. The summed E-state index contributed by atoms with van der Waals surface area (Å²) < 4.78 is 5.41. The number of hydrogen-bond donors (Lipinski definition) is 1. The number of thiophene rings is 1. The molecule has 0 spiro atoms. The van der Waals surface area contributed by atoms with Gasteiger partial charge in [-0.05, 0) is 31.2 Å². The van der Waals surface area contributed by atoms with Gasteiger partial charge >= 0.3 is 0 Å². The minimum absolute atomic E-state index is 0.00737. The number of benzene rings is 1. The van der Waals surface area contributed by atoms with E-state index in [1.165, 1.54) is 11.3 Å². The molecule has 142 valence electrons. The predicted molar refractivity (Wildman–Crippen MR) is 111 cm³/mol. The van der Waals surface area contributed by atoms with Crippen LogP contribution in [-0.2, 0) is 17.6 Å². The number of rotatable bonds is 4. The summed E-state index contributed by atoms with van der Waals surface area (Å²) >= 11 is 31.5. The minimum Gasteiger partial charge on any atom is -0.481 e. The third-order valence-corrected chi connectivity index (χ3v) is 7.50. The van der Waals surface area contributed by atoms with Crippen LogP contribution in [0, 0.1) is 11.3 Å². The molecule has 0 aliphatic heterocycles. The first kappa shape index (κ1) is 20.9. The Kier molecular flexibility index (Phi) is 6.68. The van der Waals surface area contributed by atoms with Crippen molar-refractivity contribution in [1.29, 1.82) is 5.26 Å². The third-order valence-electron chi connectivity index (χ3n) is 4.05. The fourth-order valence-electron chi connectivity index (χ4n) is 2.78. The molecule has 1 heterocycles. The number of halogens is 5. The topological polar surface area (TPSA) is 62.1 Å². The van der Waals surface area contributed by atoms with E-state index in [1.54, 1.807) is 0 Å². The molecule has 1 N–H and O–H groups in total. The van der Waals surface area contributed by atoms with Crippen LogP contribution in [0.3, 0.4) is 0 Å². The summed E-state index contributed by atoms with van der Waals surface area (Å²) in [4.78, 5) is 13.5. The van der Waals surface area contributed by atoms with E-state index in [9.17, 15) is 10.1 Å². The standard InChI is InChI=1S/C17H11Cl5N2O2S/c18-11-12(19)14(21)16(15(22)13(11)20)26-6-10(25)24-17-8(5-23)7-3-1-2-4-9(7)27-17/h1-4,6H2,(H,24,25). The Morgan fingerprint density at radius 3 is 2.26 bits per heavy atom. The van der Waals surface area contributed by atoms with Gasteiger partial charge in [0.1, 0.15) is 21.1 Å². The molecule has 0 fully saturated rings. The molecule has 1 aliphatic rings. The van der Waals surface area contributed by atoms with E-state index in [4.69, 9.17) is 62.7 Å². The quantitative estimate of drug-likeness (QED) is 0.384. The van der Waals surface area contributed by atoms with E-state index in [-0.39, 0.29) is 37.5 Å². The maximum absolute atomic E-state index is 12.3. The highest BCUT2D eigenvalue weighted by Crippen LogP contribution is 2.48. The van der Waals surface area contributed by atoms with Crippen LogP contribution in [0.5, 0.6) is 5.75 Å². The zero-order valence-electron chi connectivity index (χ0n) is 13.6. The monoisotopic (exact) mass is 482 g/mol. The van der Waals surface area contributed by atoms with Crippen LogP contribution in [-0.4, -0.2) is 12.5 Å². The van der Waals surface area contributed by atoms with Gasteiger partial charge in [-0.1, -0.05) is 58.0 Å². The fraction of sp³-hybridized carbons (Fsp3) is 0.294. The van der Waals surface area contributed by atoms with Crippen LogP contribution in [0.25, 0.3) is 0 Å². The average Bonchev–Trinajstić information content (AvgIpc) is 3.01. The molecule has 10 heteroatoms. The number of anilines is 1. The van der Waals surface area contributed by atoms with Gasteiger partial charge in [0.25, 0.3) is 5.91 Å². The van der Waals surface area contributed by atoms with Crippen LogP contribution in [0.4, 0.5) is 5.00 Å². The largest absolute Gasteiger partial charge is 0.481 e. The first-order valence-electron chi connectivity index (χ1n) is 7.83. The maximum atomic E-state index is 12.3. The number of fused-ring (bicyclic) bond motifs is 1. The van der Waals surface area contributed by atoms with Gasteiger partial charge in [0.05, 0.1) is 20.6 Å². The maximum Gasteiger partial charge on any atom is 0.262 e. The minimum atomic E-state index is -0.459. The molecule has 0 bridgehead atoms. The number of aryl methyl sites for hydroxylation is 1. The number of nitrogens with one attached hydrogen (secondary N) is 1. The van der Waals surface area contributed by atoms with E-state index >= 15 is 0 Å². The van der Waals surface area contributed by atoms with Gasteiger partial charge in [-0.3, -0.25) is 4.79 Å². The summed E-state index contributed by atoms with van der Waals surface area (Å²) in [5.74, 6) is -0.488. The third kappa shape index (κ3) is 4.12. The van der Waals surface area contributed by atoms with Crippen molar-refractivity contribution in [2.24, 2.45) is 0 Å². The summed E-state index contributed by atoms with van der Waals surface area (Å²) in [5, 5.41) is 12.6. The number of amides is 1. The van der Waals surface area contributed by atoms with Crippen molar-refractivity contribution in [3.8, 4) is 11.8 Å². The molecule has 1 aromatic heterocycles. The number of nitrogens with zero attached hydrogens (tertiary/aromatic N) is 1. The van der Waals surface area contributed by atoms with Crippen LogP contribution >= 0.6 is 69.3 Å². The zero-order chi connectivity index (χ0) is 19.7. The highest BCUT2D eigenvalue weighted by atomic mass is 35.5. The van der Waals surface area contributed by atoms with Crippen molar-refractivity contribution >= 4 is 80.2 Å². The number of hydrogen-bond acceptors (Lipinski definition) is 4. The Hall–Kier alpha value is -0.870. The molecule has 4 nitrogen and oxygen atoms in total. The highest BCUT2D eigenvalue weighted by Gasteiger charge is 2.23. The van der Waals surface area contributed by atoms with Gasteiger partial charge in [-0.2, -0.15) is 5.26 Å². The second kappa shape index (κ2) is 8.65. The lowest BCUT2D eigenvalue weighted by atomic mass is 9.96. The average molecular weight is 485 g/mol. The molecule has 1 aliphatic carbocycles. The Morgan fingerprint density at radius 2 is 1.63 bits per heavy atom. The van der Waals surface area contributed by atoms with Crippen molar-refractivity contribution in [2.45, 2.75) is 25.7 Å². The summed E-state index contributed by atoms with van der Waals surface area (Å²) in [5.41, 5.74) is 1.56.